The first-order chi connectivity index (χ1) is 11.5. The molecule has 0 unspecified atom stereocenters. The summed E-state index contributed by atoms with van der Waals surface area (Å²) in [4.78, 5) is 22.8. The van der Waals surface area contributed by atoms with Crippen LogP contribution in [0.15, 0.2) is 0 Å². The highest BCUT2D eigenvalue weighted by Gasteiger charge is 2.16. The molecule has 0 aromatic carbocycles. The van der Waals surface area contributed by atoms with Gasteiger partial charge in [0.1, 0.15) is 11.2 Å². The first-order valence-corrected chi connectivity index (χ1v) is 8.85. The second-order valence-corrected chi connectivity index (χ2v) is 7.71. The third kappa shape index (κ3) is 18.6. The lowest BCUT2D eigenvalue weighted by Gasteiger charge is -2.19. The fourth-order valence-corrected chi connectivity index (χ4v) is 1.72. The van der Waals surface area contributed by atoms with Gasteiger partial charge in [0.25, 0.3) is 0 Å². The van der Waals surface area contributed by atoms with E-state index in [1.54, 1.807) is 0 Å². The Balaban J connectivity index is 3.35. The van der Waals surface area contributed by atoms with Gasteiger partial charge in [0, 0.05) is 26.2 Å². The average molecular weight is 360 g/mol. The molecule has 0 heterocycles. The number of carbonyl (C=O) groups excluding carboxylic acids is 2. The monoisotopic (exact) mass is 360 g/mol. The Kier molecular flexibility index (Phi) is 11.2. The molecule has 25 heavy (non-hydrogen) atoms. The third-order valence-electron chi connectivity index (χ3n) is 2.65. The molecule has 0 fully saturated rings. The summed E-state index contributed by atoms with van der Waals surface area (Å²) in [5.41, 5.74) is -0.941. The zero-order valence-electron chi connectivity index (χ0n) is 16.6. The number of nitrogens with one attached hydrogen (secondary N) is 4. The van der Waals surface area contributed by atoms with E-state index in [1.165, 1.54) is 0 Å². The Bertz CT molecular complexity index is 353. The molecule has 0 aliphatic carbocycles. The summed E-state index contributed by atoms with van der Waals surface area (Å²) in [7, 11) is 0. The molecule has 0 saturated carbocycles. The van der Waals surface area contributed by atoms with Gasteiger partial charge in [-0.3, -0.25) is 0 Å². The van der Waals surface area contributed by atoms with Gasteiger partial charge in [-0.2, -0.15) is 0 Å². The van der Waals surface area contributed by atoms with Crippen molar-refractivity contribution in [1.29, 1.82) is 0 Å². The van der Waals surface area contributed by atoms with Crippen LogP contribution in [0.5, 0.6) is 0 Å². The lowest BCUT2D eigenvalue weighted by atomic mass is 10.2. The number of amides is 2. The van der Waals surface area contributed by atoms with Gasteiger partial charge in [-0.15, -0.1) is 0 Å². The molecule has 0 aliphatic heterocycles. The van der Waals surface area contributed by atoms with Crippen LogP contribution in [0.2, 0.25) is 0 Å². The van der Waals surface area contributed by atoms with E-state index in [-0.39, 0.29) is 0 Å². The molecular formula is C17H36N4O4. The Hall–Kier alpha value is -1.54. The van der Waals surface area contributed by atoms with Crippen LogP contribution in [0, 0.1) is 0 Å². The van der Waals surface area contributed by atoms with E-state index in [2.05, 4.69) is 21.3 Å². The third-order valence-corrected chi connectivity index (χ3v) is 2.65. The fraction of sp³-hybridized carbons (Fsp3) is 0.882. The molecule has 0 aliphatic rings. The first-order valence-electron chi connectivity index (χ1n) is 8.85. The van der Waals surface area contributed by atoms with E-state index < -0.39 is 23.4 Å². The van der Waals surface area contributed by atoms with Crippen LogP contribution in [-0.4, -0.2) is 62.7 Å². The second-order valence-electron chi connectivity index (χ2n) is 7.71. The molecule has 0 spiro atoms. The van der Waals surface area contributed by atoms with Gasteiger partial charge in [-0.05, 0) is 61.1 Å². The van der Waals surface area contributed by atoms with Crippen molar-refractivity contribution < 1.29 is 19.1 Å². The number of hydrogen-bond donors (Lipinski definition) is 4. The van der Waals surface area contributed by atoms with Crippen molar-refractivity contribution in [2.45, 2.75) is 59.2 Å². The Morgan fingerprint density at radius 2 is 1.00 bits per heavy atom. The predicted octanol–water partition coefficient (Wildman–Crippen LogP) is 1.61. The van der Waals surface area contributed by atoms with Gasteiger partial charge in [0.05, 0.1) is 0 Å². The zero-order valence-corrected chi connectivity index (χ0v) is 16.6. The number of ether oxygens (including phenoxy) is 2. The number of hydrogen-bond acceptors (Lipinski definition) is 6. The molecule has 4 N–H and O–H groups in total. The van der Waals surface area contributed by atoms with Crippen LogP contribution in [0.4, 0.5) is 9.59 Å². The quantitative estimate of drug-likeness (QED) is 0.442. The number of carbonyl (C=O) groups is 2. The topological polar surface area (TPSA) is 101 Å². The lowest BCUT2D eigenvalue weighted by molar-refractivity contribution is 0.0517. The van der Waals surface area contributed by atoms with Gasteiger partial charge >= 0.3 is 12.2 Å². The van der Waals surface area contributed by atoms with Crippen LogP contribution in [0.25, 0.3) is 0 Å². The summed E-state index contributed by atoms with van der Waals surface area (Å²) >= 11 is 0. The van der Waals surface area contributed by atoms with Crippen molar-refractivity contribution >= 4 is 12.2 Å². The Morgan fingerprint density at radius 3 is 1.32 bits per heavy atom. The SMILES string of the molecule is CC(C)(C)OC(=O)NCCNCCCNCCNC(=O)OC(C)(C)C. The molecular weight excluding hydrogens is 324 g/mol. The van der Waals surface area contributed by atoms with E-state index in [0.29, 0.717) is 26.2 Å². The Morgan fingerprint density at radius 1 is 0.640 bits per heavy atom. The molecule has 0 atom stereocenters. The molecule has 0 rings (SSSR count). The summed E-state index contributed by atoms with van der Waals surface area (Å²) < 4.78 is 10.3. The standard InChI is InChI=1S/C17H36N4O4/c1-16(2,3)24-14(22)20-12-10-18-8-7-9-19-11-13-21-15(23)25-17(4,5)6/h18-19H,7-13H2,1-6H3,(H,20,22)(H,21,23). The van der Waals surface area contributed by atoms with E-state index in [9.17, 15) is 9.59 Å². The van der Waals surface area contributed by atoms with Crippen molar-refractivity contribution in [3.8, 4) is 0 Å². The first kappa shape index (κ1) is 23.5. The molecule has 8 nitrogen and oxygen atoms in total. The van der Waals surface area contributed by atoms with Crippen molar-refractivity contribution in [2.75, 3.05) is 39.3 Å². The van der Waals surface area contributed by atoms with E-state index >= 15 is 0 Å². The molecule has 148 valence electrons. The van der Waals surface area contributed by atoms with Crippen LogP contribution in [-0.2, 0) is 9.47 Å². The van der Waals surface area contributed by atoms with Gasteiger partial charge < -0.3 is 30.7 Å². The van der Waals surface area contributed by atoms with E-state index in [1.807, 2.05) is 41.5 Å². The van der Waals surface area contributed by atoms with Crippen molar-refractivity contribution in [3.63, 3.8) is 0 Å². The molecule has 0 saturated heterocycles. The van der Waals surface area contributed by atoms with Gasteiger partial charge in [0.15, 0.2) is 0 Å². The van der Waals surface area contributed by atoms with Crippen LogP contribution >= 0.6 is 0 Å². The van der Waals surface area contributed by atoms with Gasteiger partial charge in [0.2, 0.25) is 0 Å². The molecule has 8 heteroatoms. The zero-order chi connectivity index (χ0) is 19.3. The highest BCUT2D eigenvalue weighted by Crippen LogP contribution is 2.06. The summed E-state index contributed by atoms with van der Waals surface area (Å²) in [6.07, 6.45) is 0.167. The molecule has 2 amide bonds. The lowest BCUT2D eigenvalue weighted by Crippen LogP contribution is -2.37. The summed E-state index contributed by atoms with van der Waals surface area (Å²) in [6.45, 7) is 15.2. The smallest absolute Gasteiger partial charge is 0.407 e. The largest absolute Gasteiger partial charge is 0.444 e. The molecule has 0 aromatic heterocycles. The summed E-state index contributed by atoms with van der Waals surface area (Å²) in [5.74, 6) is 0. The molecule has 0 aromatic rings. The maximum absolute atomic E-state index is 11.4. The highest BCUT2D eigenvalue weighted by molar-refractivity contribution is 5.67. The fourth-order valence-electron chi connectivity index (χ4n) is 1.72. The minimum absolute atomic E-state index is 0.395. The minimum Gasteiger partial charge on any atom is -0.444 e. The summed E-state index contributed by atoms with van der Waals surface area (Å²) in [6, 6.07) is 0. The Labute approximate surface area is 151 Å². The van der Waals surface area contributed by atoms with Crippen LogP contribution in [0.3, 0.4) is 0 Å². The van der Waals surface area contributed by atoms with E-state index in [4.69, 9.17) is 9.47 Å². The predicted molar refractivity (Wildman–Crippen MR) is 98.8 cm³/mol. The second kappa shape index (κ2) is 11.9. The molecule has 0 radical (unpaired) electrons. The number of rotatable bonds is 10. The maximum atomic E-state index is 11.4. The van der Waals surface area contributed by atoms with Crippen molar-refractivity contribution in [1.82, 2.24) is 21.3 Å². The maximum Gasteiger partial charge on any atom is 0.407 e. The number of alkyl carbamates (subject to hydrolysis) is 2. The van der Waals surface area contributed by atoms with Gasteiger partial charge in [-0.25, -0.2) is 9.59 Å². The average Bonchev–Trinajstić information content (AvgIpc) is 2.40. The highest BCUT2D eigenvalue weighted by atomic mass is 16.6. The van der Waals surface area contributed by atoms with Crippen LogP contribution < -0.4 is 21.3 Å². The van der Waals surface area contributed by atoms with Gasteiger partial charge in [-0.1, -0.05) is 0 Å². The molecule has 0 bridgehead atoms. The summed E-state index contributed by atoms with van der Waals surface area (Å²) in [5, 5.41) is 11.9. The van der Waals surface area contributed by atoms with Crippen molar-refractivity contribution in [2.24, 2.45) is 0 Å². The normalized spacial score (nSPS) is 11.8. The van der Waals surface area contributed by atoms with Crippen LogP contribution in [0.1, 0.15) is 48.0 Å². The van der Waals surface area contributed by atoms with Crippen molar-refractivity contribution in [3.05, 3.63) is 0 Å². The van der Waals surface area contributed by atoms with E-state index in [0.717, 1.165) is 19.5 Å². The minimum atomic E-state index is -0.471.